The first-order valence-corrected chi connectivity index (χ1v) is 10.7. The number of nitrogens with zero attached hydrogens (tertiary/aromatic N) is 2. The van der Waals surface area contributed by atoms with Crippen LogP contribution >= 0.6 is 0 Å². The van der Waals surface area contributed by atoms with Gasteiger partial charge in [-0.1, -0.05) is 49.6 Å². The average Bonchev–Trinajstić information content (AvgIpc) is 3.52. The first-order valence-electron chi connectivity index (χ1n) is 10.7. The van der Waals surface area contributed by atoms with E-state index in [2.05, 4.69) is 50.9 Å². The molecule has 2 unspecified atom stereocenters. The number of rotatable bonds is 5. The highest BCUT2D eigenvalue weighted by Gasteiger charge is 2.41. The van der Waals surface area contributed by atoms with Gasteiger partial charge in [0.05, 0.1) is 13.2 Å². The molecule has 148 valence electrons. The van der Waals surface area contributed by atoms with Crippen molar-refractivity contribution in [3.63, 3.8) is 0 Å². The van der Waals surface area contributed by atoms with Crippen molar-refractivity contribution in [2.45, 2.75) is 56.0 Å². The topological polar surface area (TPSA) is 48.9 Å². The minimum atomic E-state index is 0.266. The van der Waals surface area contributed by atoms with Crippen molar-refractivity contribution in [1.29, 1.82) is 0 Å². The fourth-order valence-corrected chi connectivity index (χ4v) is 4.89. The standard InChI is InChI=1S/C22H34N4O/c1-23-21(25-20-16-19(20)18-8-4-2-5-9-18)24-17-22(10-6-3-7-11-22)26-12-14-27-15-13-26/h2,4-5,8-9,19-20H,3,6-7,10-17H2,1H3,(H2,23,24,25). The molecule has 1 heterocycles. The van der Waals surface area contributed by atoms with Crippen molar-refractivity contribution in [2.75, 3.05) is 39.9 Å². The van der Waals surface area contributed by atoms with E-state index in [1.54, 1.807) is 0 Å². The third-order valence-corrected chi connectivity index (χ3v) is 6.61. The lowest BCUT2D eigenvalue weighted by Gasteiger charge is -2.48. The normalized spacial score (nSPS) is 28.6. The van der Waals surface area contributed by atoms with E-state index >= 15 is 0 Å². The Balaban J connectivity index is 1.34. The summed E-state index contributed by atoms with van der Waals surface area (Å²) >= 11 is 0. The number of guanidine groups is 1. The predicted molar refractivity (Wildman–Crippen MR) is 110 cm³/mol. The summed E-state index contributed by atoms with van der Waals surface area (Å²) in [5, 5.41) is 7.32. The number of nitrogens with one attached hydrogen (secondary N) is 2. The van der Waals surface area contributed by atoms with E-state index < -0.39 is 0 Å². The highest BCUT2D eigenvalue weighted by atomic mass is 16.5. The minimum Gasteiger partial charge on any atom is -0.379 e. The Kier molecular flexibility index (Phi) is 5.98. The van der Waals surface area contributed by atoms with E-state index in [-0.39, 0.29) is 5.54 Å². The molecular weight excluding hydrogens is 336 g/mol. The molecule has 0 spiro atoms. The van der Waals surface area contributed by atoms with Crippen molar-refractivity contribution in [2.24, 2.45) is 4.99 Å². The first kappa shape index (κ1) is 18.8. The van der Waals surface area contributed by atoms with Crippen LogP contribution in [-0.2, 0) is 4.74 Å². The summed E-state index contributed by atoms with van der Waals surface area (Å²) in [5.41, 5.74) is 1.70. The zero-order chi connectivity index (χ0) is 18.5. The van der Waals surface area contributed by atoms with E-state index in [0.717, 1.165) is 38.8 Å². The highest BCUT2D eigenvalue weighted by Crippen LogP contribution is 2.40. The Bertz CT molecular complexity index is 620. The van der Waals surface area contributed by atoms with Crippen LogP contribution < -0.4 is 10.6 Å². The van der Waals surface area contributed by atoms with Gasteiger partial charge in [0.2, 0.25) is 0 Å². The summed E-state index contributed by atoms with van der Waals surface area (Å²) in [5.74, 6) is 1.57. The largest absolute Gasteiger partial charge is 0.379 e. The minimum absolute atomic E-state index is 0.266. The molecule has 3 fully saturated rings. The summed E-state index contributed by atoms with van der Waals surface area (Å²) in [7, 11) is 1.89. The molecule has 2 atom stereocenters. The molecule has 1 saturated heterocycles. The van der Waals surface area contributed by atoms with Crippen LogP contribution in [-0.4, -0.2) is 62.3 Å². The Hall–Kier alpha value is -1.59. The molecule has 0 aromatic heterocycles. The molecule has 0 bridgehead atoms. The van der Waals surface area contributed by atoms with Crippen LogP contribution in [0.1, 0.15) is 50.0 Å². The molecule has 0 amide bonds. The average molecular weight is 371 g/mol. The maximum absolute atomic E-state index is 5.60. The third-order valence-electron chi connectivity index (χ3n) is 6.61. The van der Waals surface area contributed by atoms with Gasteiger partial charge in [0, 0.05) is 44.2 Å². The highest BCUT2D eigenvalue weighted by molar-refractivity contribution is 5.80. The van der Waals surface area contributed by atoms with E-state index in [9.17, 15) is 0 Å². The zero-order valence-electron chi connectivity index (χ0n) is 16.6. The van der Waals surface area contributed by atoms with Crippen LogP contribution in [0.5, 0.6) is 0 Å². The van der Waals surface area contributed by atoms with Gasteiger partial charge in [0.25, 0.3) is 0 Å². The van der Waals surface area contributed by atoms with Gasteiger partial charge in [0.15, 0.2) is 5.96 Å². The van der Waals surface area contributed by atoms with Gasteiger partial charge in [-0.05, 0) is 24.8 Å². The number of hydrogen-bond acceptors (Lipinski definition) is 3. The second-order valence-electron chi connectivity index (χ2n) is 8.31. The van der Waals surface area contributed by atoms with Gasteiger partial charge in [-0.2, -0.15) is 0 Å². The Morgan fingerprint density at radius 2 is 1.89 bits per heavy atom. The smallest absolute Gasteiger partial charge is 0.191 e. The van der Waals surface area contributed by atoms with Gasteiger partial charge >= 0.3 is 0 Å². The molecule has 1 aromatic rings. The number of hydrogen-bond donors (Lipinski definition) is 2. The fourth-order valence-electron chi connectivity index (χ4n) is 4.89. The van der Waals surface area contributed by atoms with Gasteiger partial charge in [-0.15, -0.1) is 0 Å². The summed E-state index contributed by atoms with van der Waals surface area (Å²) in [4.78, 5) is 7.19. The third kappa shape index (κ3) is 4.46. The molecule has 1 aromatic carbocycles. The van der Waals surface area contributed by atoms with Crippen molar-refractivity contribution in [3.05, 3.63) is 35.9 Å². The predicted octanol–water partition coefficient (Wildman–Crippen LogP) is 2.74. The summed E-state index contributed by atoms with van der Waals surface area (Å²) in [6.07, 6.45) is 7.81. The van der Waals surface area contributed by atoms with Crippen LogP contribution in [0.25, 0.3) is 0 Å². The molecule has 5 heteroatoms. The summed E-state index contributed by atoms with van der Waals surface area (Å²) in [6, 6.07) is 11.3. The van der Waals surface area contributed by atoms with Crippen LogP contribution in [0, 0.1) is 0 Å². The van der Waals surface area contributed by atoms with Crippen molar-refractivity contribution in [3.8, 4) is 0 Å². The SMILES string of the molecule is CN=C(NCC1(N2CCOCC2)CCCCC1)NC1CC1c1ccccc1. The lowest BCUT2D eigenvalue weighted by Crippen LogP contribution is -2.60. The Labute approximate surface area is 163 Å². The van der Waals surface area contributed by atoms with Crippen molar-refractivity contribution in [1.82, 2.24) is 15.5 Å². The maximum atomic E-state index is 5.60. The second kappa shape index (κ2) is 8.61. The molecule has 2 saturated carbocycles. The van der Waals surface area contributed by atoms with Crippen LogP contribution in [0.2, 0.25) is 0 Å². The van der Waals surface area contributed by atoms with Gasteiger partial charge in [0.1, 0.15) is 0 Å². The lowest BCUT2D eigenvalue weighted by atomic mass is 9.80. The summed E-state index contributed by atoms with van der Waals surface area (Å²) in [6.45, 7) is 4.85. The second-order valence-corrected chi connectivity index (χ2v) is 8.31. The van der Waals surface area contributed by atoms with E-state index in [4.69, 9.17) is 4.74 Å². The number of morpholine rings is 1. The van der Waals surface area contributed by atoms with Gasteiger partial charge in [-0.25, -0.2) is 0 Å². The molecule has 2 aliphatic carbocycles. The molecule has 4 rings (SSSR count). The number of aliphatic imine (C=N–C) groups is 1. The molecule has 3 aliphatic rings. The van der Waals surface area contributed by atoms with Gasteiger partial charge in [-0.3, -0.25) is 9.89 Å². The van der Waals surface area contributed by atoms with Crippen molar-refractivity contribution >= 4 is 5.96 Å². The molecular formula is C22H34N4O. The molecule has 1 aliphatic heterocycles. The van der Waals surface area contributed by atoms with E-state index in [1.807, 2.05) is 7.05 Å². The van der Waals surface area contributed by atoms with Crippen molar-refractivity contribution < 1.29 is 4.74 Å². The van der Waals surface area contributed by atoms with E-state index in [1.165, 1.54) is 44.1 Å². The number of ether oxygens (including phenoxy) is 1. The van der Waals surface area contributed by atoms with E-state index in [0.29, 0.717) is 12.0 Å². The quantitative estimate of drug-likeness (QED) is 0.618. The molecule has 2 N–H and O–H groups in total. The Morgan fingerprint density at radius 3 is 2.59 bits per heavy atom. The Morgan fingerprint density at radius 1 is 1.15 bits per heavy atom. The number of benzene rings is 1. The lowest BCUT2D eigenvalue weighted by molar-refractivity contribution is -0.0352. The molecule has 0 radical (unpaired) electrons. The molecule has 27 heavy (non-hydrogen) atoms. The maximum Gasteiger partial charge on any atom is 0.191 e. The zero-order valence-corrected chi connectivity index (χ0v) is 16.6. The monoisotopic (exact) mass is 370 g/mol. The first-order chi connectivity index (χ1) is 13.3. The van der Waals surface area contributed by atoms with Gasteiger partial charge < -0.3 is 15.4 Å². The van der Waals surface area contributed by atoms with Crippen LogP contribution in [0.3, 0.4) is 0 Å². The fraction of sp³-hybridized carbons (Fsp3) is 0.682. The summed E-state index contributed by atoms with van der Waals surface area (Å²) < 4.78 is 5.60. The van der Waals surface area contributed by atoms with Crippen LogP contribution in [0.15, 0.2) is 35.3 Å². The van der Waals surface area contributed by atoms with Crippen LogP contribution in [0.4, 0.5) is 0 Å². The molecule has 5 nitrogen and oxygen atoms in total.